The van der Waals surface area contributed by atoms with Crippen molar-refractivity contribution < 1.29 is 14.4 Å². The largest absolute Gasteiger partial charge is 0.348 e. The minimum absolute atomic E-state index is 0.00215. The van der Waals surface area contributed by atoms with Gasteiger partial charge in [0.05, 0.1) is 6.54 Å². The van der Waals surface area contributed by atoms with E-state index < -0.39 is 11.8 Å². The Morgan fingerprint density at radius 1 is 0.706 bits per heavy atom. The van der Waals surface area contributed by atoms with Crippen molar-refractivity contribution in [3.63, 3.8) is 0 Å². The number of likely N-dealkylation sites (tertiary alicyclic amines) is 1. The number of ketones is 2. The molecule has 0 bridgehead atoms. The first kappa shape index (κ1) is 23.6. The topological polar surface area (TPSA) is 57.7 Å². The SMILES string of the molecule is CN(C)C(=O)CN1CC(C(=O)c2ccccc2)C(c2ccccc2)C(C(=O)c2ccccc2)C1. The lowest BCUT2D eigenvalue weighted by Gasteiger charge is -2.43. The summed E-state index contributed by atoms with van der Waals surface area (Å²) in [6, 6.07) is 28.3. The van der Waals surface area contributed by atoms with Gasteiger partial charge in [-0.3, -0.25) is 19.3 Å². The van der Waals surface area contributed by atoms with Crippen molar-refractivity contribution in [1.82, 2.24) is 9.80 Å². The summed E-state index contributed by atoms with van der Waals surface area (Å²) in [6.45, 7) is 1.02. The molecule has 1 heterocycles. The van der Waals surface area contributed by atoms with Crippen LogP contribution in [0.5, 0.6) is 0 Å². The molecular formula is C29H30N2O3. The predicted molar refractivity (Wildman–Crippen MR) is 133 cm³/mol. The van der Waals surface area contributed by atoms with Crippen molar-refractivity contribution >= 4 is 17.5 Å². The summed E-state index contributed by atoms with van der Waals surface area (Å²) in [6.07, 6.45) is 0. The highest BCUT2D eigenvalue weighted by atomic mass is 16.2. The predicted octanol–water partition coefficient (Wildman–Crippen LogP) is 4.17. The number of hydrogen-bond donors (Lipinski definition) is 0. The lowest BCUT2D eigenvalue weighted by Crippen LogP contribution is -2.52. The van der Waals surface area contributed by atoms with Crippen molar-refractivity contribution in [2.75, 3.05) is 33.7 Å². The monoisotopic (exact) mass is 454 g/mol. The Bertz CT molecular complexity index is 1070. The molecule has 0 saturated carbocycles. The van der Waals surface area contributed by atoms with E-state index in [1.54, 1.807) is 19.0 Å². The summed E-state index contributed by atoms with van der Waals surface area (Å²) >= 11 is 0. The summed E-state index contributed by atoms with van der Waals surface area (Å²) < 4.78 is 0. The van der Waals surface area contributed by atoms with Crippen LogP contribution < -0.4 is 0 Å². The number of Topliss-reactive ketones (excluding diaryl/α,β-unsaturated/α-hetero) is 2. The van der Waals surface area contributed by atoms with E-state index in [4.69, 9.17) is 0 Å². The number of nitrogens with zero attached hydrogens (tertiary/aromatic N) is 2. The van der Waals surface area contributed by atoms with E-state index >= 15 is 0 Å². The van der Waals surface area contributed by atoms with Gasteiger partial charge in [0.15, 0.2) is 11.6 Å². The number of hydrogen-bond acceptors (Lipinski definition) is 4. The molecule has 4 rings (SSSR count). The Kier molecular flexibility index (Phi) is 7.33. The molecule has 174 valence electrons. The zero-order valence-corrected chi connectivity index (χ0v) is 19.6. The summed E-state index contributed by atoms with van der Waals surface area (Å²) in [5.41, 5.74) is 2.23. The zero-order chi connectivity index (χ0) is 24.1. The number of amides is 1. The van der Waals surface area contributed by atoms with Crippen LogP contribution in [0.3, 0.4) is 0 Å². The van der Waals surface area contributed by atoms with Crippen LogP contribution in [-0.2, 0) is 4.79 Å². The van der Waals surface area contributed by atoms with E-state index in [2.05, 4.69) is 0 Å². The molecule has 3 aromatic rings. The molecule has 1 fully saturated rings. The summed E-state index contributed by atoms with van der Waals surface area (Å²) in [7, 11) is 3.44. The Morgan fingerprint density at radius 2 is 1.12 bits per heavy atom. The molecule has 0 spiro atoms. The number of piperidine rings is 1. The van der Waals surface area contributed by atoms with Crippen molar-refractivity contribution in [2.45, 2.75) is 5.92 Å². The van der Waals surface area contributed by atoms with E-state index in [1.807, 2.05) is 95.9 Å². The second kappa shape index (κ2) is 10.6. The van der Waals surface area contributed by atoms with Crippen LogP contribution in [0.4, 0.5) is 0 Å². The second-order valence-electron chi connectivity index (χ2n) is 9.09. The molecule has 0 N–H and O–H groups in total. The van der Waals surface area contributed by atoms with Crippen LogP contribution in [0.2, 0.25) is 0 Å². The maximum absolute atomic E-state index is 13.8. The third-order valence-electron chi connectivity index (χ3n) is 6.61. The van der Waals surface area contributed by atoms with Gasteiger partial charge in [-0.05, 0) is 5.56 Å². The summed E-state index contributed by atoms with van der Waals surface area (Å²) in [5, 5.41) is 0. The Morgan fingerprint density at radius 3 is 1.53 bits per heavy atom. The number of rotatable bonds is 7. The van der Waals surface area contributed by atoms with Gasteiger partial charge in [-0.2, -0.15) is 0 Å². The molecule has 34 heavy (non-hydrogen) atoms. The van der Waals surface area contributed by atoms with E-state index in [-0.39, 0.29) is 29.9 Å². The minimum atomic E-state index is -0.453. The van der Waals surface area contributed by atoms with Gasteiger partial charge in [0.2, 0.25) is 5.91 Å². The maximum atomic E-state index is 13.8. The van der Waals surface area contributed by atoms with Crippen molar-refractivity contribution in [1.29, 1.82) is 0 Å². The van der Waals surface area contributed by atoms with Crippen LogP contribution in [0, 0.1) is 11.8 Å². The van der Waals surface area contributed by atoms with Gasteiger partial charge in [0, 0.05) is 56.1 Å². The molecular weight excluding hydrogens is 424 g/mol. The van der Waals surface area contributed by atoms with Crippen LogP contribution in [-0.4, -0.2) is 61.0 Å². The first-order valence-corrected chi connectivity index (χ1v) is 11.6. The van der Waals surface area contributed by atoms with Gasteiger partial charge < -0.3 is 4.90 Å². The van der Waals surface area contributed by atoms with Crippen LogP contribution >= 0.6 is 0 Å². The normalized spacial score (nSPS) is 20.5. The van der Waals surface area contributed by atoms with Crippen molar-refractivity contribution in [2.24, 2.45) is 11.8 Å². The molecule has 0 radical (unpaired) electrons. The second-order valence-corrected chi connectivity index (χ2v) is 9.09. The highest BCUT2D eigenvalue weighted by Crippen LogP contribution is 2.40. The summed E-state index contributed by atoms with van der Waals surface area (Å²) in [5.74, 6) is -1.23. The lowest BCUT2D eigenvalue weighted by molar-refractivity contribution is -0.130. The van der Waals surface area contributed by atoms with E-state index in [0.717, 1.165) is 5.56 Å². The van der Waals surface area contributed by atoms with Gasteiger partial charge in [0.25, 0.3) is 0 Å². The number of likely N-dealkylation sites (N-methyl/N-ethyl adjacent to an activating group) is 1. The third kappa shape index (κ3) is 5.15. The number of carbonyl (C=O) groups is 3. The molecule has 1 aliphatic rings. The Hall–Kier alpha value is -3.57. The summed E-state index contributed by atoms with van der Waals surface area (Å²) in [4.78, 5) is 43.7. The standard InChI is InChI=1S/C29H30N2O3/c1-30(2)26(32)20-31-18-24(28(33)22-14-8-4-9-15-22)27(21-12-6-3-7-13-21)25(19-31)29(34)23-16-10-5-11-17-23/h3-17,24-25,27H,18-20H2,1-2H3. The molecule has 2 unspecified atom stereocenters. The molecule has 3 aromatic carbocycles. The fourth-order valence-electron chi connectivity index (χ4n) is 4.87. The van der Waals surface area contributed by atoms with Crippen LogP contribution in [0.15, 0.2) is 91.0 Å². The lowest BCUT2D eigenvalue weighted by atomic mass is 9.68. The smallest absolute Gasteiger partial charge is 0.236 e. The minimum Gasteiger partial charge on any atom is -0.348 e. The first-order valence-electron chi connectivity index (χ1n) is 11.6. The Labute approximate surface area is 201 Å². The highest BCUT2D eigenvalue weighted by molar-refractivity contribution is 6.02. The quantitative estimate of drug-likeness (QED) is 0.503. The van der Waals surface area contributed by atoms with Crippen LogP contribution in [0.25, 0.3) is 0 Å². The van der Waals surface area contributed by atoms with Gasteiger partial charge >= 0.3 is 0 Å². The highest BCUT2D eigenvalue weighted by Gasteiger charge is 2.45. The van der Waals surface area contributed by atoms with Crippen LogP contribution in [0.1, 0.15) is 32.2 Å². The zero-order valence-electron chi connectivity index (χ0n) is 19.6. The molecule has 2 atom stereocenters. The van der Waals surface area contributed by atoms with E-state index in [9.17, 15) is 14.4 Å². The van der Waals surface area contributed by atoms with Gasteiger partial charge in [-0.15, -0.1) is 0 Å². The van der Waals surface area contributed by atoms with Gasteiger partial charge in [0.1, 0.15) is 0 Å². The van der Waals surface area contributed by atoms with Crippen molar-refractivity contribution in [3.05, 3.63) is 108 Å². The average Bonchev–Trinajstić information content (AvgIpc) is 2.88. The molecule has 5 nitrogen and oxygen atoms in total. The van der Waals surface area contributed by atoms with Crippen molar-refractivity contribution in [3.8, 4) is 0 Å². The average molecular weight is 455 g/mol. The van der Waals surface area contributed by atoms with E-state index in [1.165, 1.54) is 0 Å². The first-order chi connectivity index (χ1) is 16.5. The molecule has 5 heteroatoms. The van der Waals surface area contributed by atoms with E-state index in [0.29, 0.717) is 24.2 Å². The molecule has 1 saturated heterocycles. The number of benzene rings is 3. The molecule has 1 aliphatic heterocycles. The molecule has 0 aliphatic carbocycles. The van der Waals surface area contributed by atoms with Gasteiger partial charge in [-0.25, -0.2) is 0 Å². The maximum Gasteiger partial charge on any atom is 0.236 e. The molecule has 0 aromatic heterocycles. The third-order valence-corrected chi connectivity index (χ3v) is 6.61. The Balaban J connectivity index is 1.78. The molecule has 1 amide bonds. The fraction of sp³-hybridized carbons (Fsp3) is 0.276. The van der Waals surface area contributed by atoms with Gasteiger partial charge in [-0.1, -0.05) is 91.0 Å². The fourth-order valence-corrected chi connectivity index (χ4v) is 4.87. The number of carbonyl (C=O) groups excluding carboxylic acids is 3.